The van der Waals surface area contributed by atoms with Crippen LogP contribution in [0.3, 0.4) is 0 Å². The second-order valence-corrected chi connectivity index (χ2v) is 8.48. The summed E-state index contributed by atoms with van der Waals surface area (Å²) in [4.78, 5) is 25.5. The van der Waals surface area contributed by atoms with Crippen LogP contribution >= 0.6 is 27.5 Å². The largest absolute Gasteiger partial charge is 0.342 e. The molecule has 148 valence electrons. The number of benzene rings is 2. The van der Waals surface area contributed by atoms with Crippen LogP contribution in [0.5, 0.6) is 0 Å². The van der Waals surface area contributed by atoms with Gasteiger partial charge in [0.1, 0.15) is 5.00 Å². The predicted octanol–water partition coefficient (Wildman–Crippen LogP) is 4.91. The van der Waals surface area contributed by atoms with Crippen LogP contribution in [0.15, 0.2) is 59.2 Å². The Balaban J connectivity index is 1.68. The van der Waals surface area contributed by atoms with Crippen LogP contribution in [0, 0.1) is 18.3 Å². The fourth-order valence-corrected chi connectivity index (χ4v) is 4.19. The molecule has 2 heterocycles. The monoisotopic (exact) mass is 478 g/mol. The third kappa shape index (κ3) is 4.03. The molecule has 0 saturated heterocycles. The molecule has 0 fully saturated rings. The lowest BCUT2D eigenvalue weighted by Crippen LogP contribution is -2.22. The van der Waals surface area contributed by atoms with Crippen LogP contribution in [0.2, 0.25) is 0 Å². The second kappa shape index (κ2) is 8.22. The van der Waals surface area contributed by atoms with Gasteiger partial charge in [0.2, 0.25) is 0 Å². The van der Waals surface area contributed by atoms with Crippen molar-refractivity contribution < 1.29 is 9.59 Å². The molecule has 0 spiro atoms. The number of anilines is 1. The summed E-state index contributed by atoms with van der Waals surface area (Å²) in [6.07, 6.45) is 1.70. The molecular weight excluding hydrogens is 464 g/mol. The summed E-state index contributed by atoms with van der Waals surface area (Å²) in [5.41, 5.74) is 3.53. The summed E-state index contributed by atoms with van der Waals surface area (Å²) in [5.74, 6) is -1.31. The number of aromatic nitrogens is 2. The van der Waals surface area contributed by atoms with E-state index in [1.807, 2.05) is 41.8 Å². The van der Waals surface area contributed by atoms with Gasteiger partial charge in [0.25, 0.3) is 11.7 Å². The number of halogens is 1. The minimum atomic E-state index is -0.698. The van der Waals surface area contributed by atoms with E-state index < -0.39 is 11.7 Å². The van der Waals surface area contributed by atoms with E-state index in [1.54, 1.807) is 24.4 Å². The number of Topliss-reactive ketones (excluding diaryl/α,β-unsaturated/α-hetero) is 1. The number of carbonyl (C=O) groups excluding carboxylic acids is 2. The number of hydrogen-bond acceptors (Lipinski definition) is 5. The molecule has 2 aromatic heterocycles. The van der Waals surface area contributed by atoms with Crippen molar-refractivity contribution in [1.82, 2.24) is 8.94 Å². The van der Waals surface area contributed by atoms with Gasteiger partial charge in [0.05, 0.1) is 22.9 Å². The van der Waals surface area contributed by atoms with Gasteiger partial charge in [-0.15, -0.1) is 0 Å². The minimum Gasteiger partial charge on any atom is -0.342 e. The zero-order chi connectivity index (χ0) is 21.3. The smallest absolute Gasteiger partial charge is 0.297 e. The summed E-state index contributed by atoms with van der Waals surface area (Å²) in [5, 5.41) is 12.8. The fourth-order valence-electron chi connectivity index (χ4n) is 3.18. The topological polar surface area (TPSA) is 87.8 Å². The Bertz CT molecular complexity index is 1320. The van der Waals surface area contributed by atoms with E-state index in [2.05, 4.69) is 31.7 Å². The summed E-state index contributed by atoms with van der Waals surface area (Å²) < 4.78 is 6.86. The van der Waals surface area contributed by atoms with Gasteiger partial charge in [-0.2, -0.15) is 9.64 Å². The molecule has 30 heavy (non-hydrogen) atoms. The number of aryl methyl sites for hydroxylation is 1. The molecule has 4 aromatic rings. The average molecular weight is 479 g/mol. The number of ketones is 1. The maximum absolute atomic E-state index is 12.9. The Morgan fingerprint density at radius 1 is 1.20 bits per heavy atom. The molecule has 0 bridgehead atoms. The van der Waals surface area contributed by atoms with Crippen LogP contribution in [0.4, 0.5) is 5.00 Å². The Morgan fingerprint density at radius 3 is 2.63 bits per heavy atom. The number of carbonyl (C=O) groups is 2. The molecule has 0 aliphatic rings. The van der Waals surface area contributed by atoms with Crippen LogP contribution in [-0.2, 0) is 11.3 Å². The summed E-state index contributed by atoms with van der Waals surface area (Å²) in [7, 11) is 0. The fraction of sp³-hybridized carbons (Fsp3) is 0.0909. The van der Waals surface area contributed by atoms with Crippen molar-refractivity contribution in [3.8, 4) is 6.07 Å². The number of amides is 1. The number of fused-ring (bicyclic) bond motifs is 1. The molecule has 1 N–H and O–H groups in total. The molecule has 0 radical (unpaired) electrons. The third-order valence-corrected chi connectivity index (χ3v) is 5.88. The van der Waals surface area contributed by atoms with Crippen LogP contribution in [-0.4, -0.2) is 20.6 Å². The first kappa shape index (κ1) is 20.0. The summed E-state index contributed by atoms with van der Waals surface area (Å²) >= 11 is 4.58. The Morgan fingerprint density at radius 2 is 1.97 bits per heavy atom. The Kier molecular flexibility index (Phi) is 5.48. The minimum absolute atomic E-state index is 0.332. The highest BCUT2D eigenvalue weighted by Crippen LogP contribution is 2.27. The van der Waals surface area contributed by atoms with Gasteiger partial charge < -0.3 is 9.88 Å². The van der Waals surface area contributed by atoms with Crippen molar-refractivity contribution >= 4 is 55.1 Å². The number of rotatable bonds is 5. The van der Waals surface area contributed by atoms with Gasteiger partial charge in [-0.3, -0.25) is 9.59 Å². The van der Waals surface area contributed by atoms with Crippen molar-refractivity contribution in [2.24, 2.45) is 0 Å². The lowest BCUT2D eigenvalue weighted by molar-refractivity contribution is -0.112. The molecule has 4 rings (SSSR count). The van der Waals surface area contributed by atoms with E-state index in [-0.39, 0.29) is 0 Å². The second-order valence-electron chi connectivity index (χ2n) is 6.76. The molecule has 6 nitrogen and oxygen atoms in total. The van der Waals surface area contributed by atoms with Gasteiger partial charge in [0.15, 0.2) is 0 Å². The van der Waals surface area contributed by atoms with E-state index in [0.717, 1.165) is 32.8 Å². The summed E-state index contributed by atoms with van der Waals surface area (Å²) in [6.45, 7) is 2.33. The first-order valence-corrected chi connectivity index (χ1v) is 10.6. The first-order chi connectivity index (χ1) is 14.4. The van der Waals surface area contributed by atoms with Crippen LogP contribution < -0.4 is 5.32 Å². The van der Waals surface area contributed by atoms with Gasteiger partial charge in [0, 0.05) is 28.1 Å². The van der Waals surface area contributed by atoms with Gasteiger partial charge in [-0.1, -0.05) is 28.1 Å². The average Bonchev–Trinajstić information content (AvgIpc) is 3.31. The standard InChI is InChI=1S/C22H15BrN4O2S/c1-13-8-20(30-26-13)25-22(29)21(28)18-12-27(19-7-6-16(23)9-17(18)19)11-15-4-2-14(10-24)3-5-15/h2-9,12H,11H2,1H3,(H,25,29). The van der Waals surface area contributed by atoms with Crippen molar-refractivity contribution in [2.75, 3.05) is 5.32 Å². The van der Waals surface area contributed by atoms with Crippen molar-refractivity contribution in [1.29, 1.82) is 5.26 Å². The number of nitrogens with one attached hydrogen (secondary N) is 1. The normalized spacial score (nSPS) is 10.7. The molecule has 0 unspecified atom stereocenters. The number of nitrogens with zero attached hydrogens (tertiary/aromatic N) is 3. The van der Waals surface area contributed by atoms with E-state index in [0.29, 0.717) is 28.1 Å². The van der Waals surface area contributed by atoms with Crippen molar-refractivity contribution in [3.05, 3.63) is 81.6 Å². The molecule has 0 aliphatic heterocycles. The highest BCUT2D eigenvalue weighted by atomic mass is 79.9. The maximum Gasteiger partial charge on any atom is 0.297 e. The van der Waals surface area contributed by atoms with Crippen LogP contribution in [0.25, 0.3) is 10.9 Å². The van der Waals surface area contributed by atoms with E-state index in [9.17, 15) is 9.59 Å². The molecule has 0 saturated carbocycles. The third-order valence-electron chi connectivity index (χ3n) is 4.59. The zero-order valence-electron chi connectivity index (χ0n) is 15.8. The van der Waals surface area contributed by atoms with Gasteiger partial charge in [-0.25, -0.2) is 0 Å². The molecular formula is C22H15BrN4O2S. The molecule has 2 aromatic carbocycles. The van der Waals surface area contributed by atoms with E-state index in [4.69, 9.17) is 5.26 Å². The molecule has 0 aliphatic carbocycles. The molecule has 8 heteroatoms. The highest BCUT2D eigenvalue weighted by Gasteiger charge is 2.22. The number of nitriles is 1. The Hall–Kier alpha value is -3.28. The van der Waals surface area contributed by atoms with Gasteiger partial charge >= 0.3 is 0 Å². The Labute approximate surface area is 185 Å². The summed E-state index contributed by atoms with van der Waals surface area (Å²) in [6, 6.07) is 16.7. The van der Waals surface area contributed by atoms with E-state index >= 15 is 0 Å². The first-order valence-electron chi connectivity index (χ1n) is 9.01. The molecule has 0 atom stereocenters. The maximum atomic E-state index is 12.9. The molecule has 1 amide bonds. The van der Waals surface area contributed by atoms with Crippen molar-refractivity contribution in [3.63, 3.8) is 0 Å². The van der Waals surface area contributed by atoms with E-state index in [1.165, 1.54) is 0 Å². The zero-order valence-corrected chi connectivity index (χ0v) is 18.3. The van der Waals surface area contributed by atoms with Crippen LogP contribution in [0.1, 0.15) is 27.2 Å². The quantitative estimate of drug-likeness (QED) is 0.326. The predicted molar refractivity (Wildman–Crippen MR) is 120 cm³/mol. The van der Waals surface area contributed by atoms with Crippen molar-refractivity contribution in [2.45, 2.75) is 13.5 Å². The van der Waals surface area contributed by atoms with Gasteiger partial charge in [-0.05, 0) is 60.4 Å². The lowest BCUT2D eigenvalue weighted by Gasteiger charge is -2.06. The SMILES string of the molecule is Cc1cc(NC(=O)C(=O)c2cn(Cc3ccc(C#N)cc3)c3ccc(Br)cc23)sn1. The number of hydrogen-bond donors (Lipinski definition) is 1. The highest BCUT2D eigenvalue weighted by molar-refractivity contribution is 9.10. The lowest BCUT2D eigenvalue weighted by atomic mass is 10.1.